The molecule has 36 heavy (non-hydrogen) atoms. The standard InChI is InChI=1S/C29H27NO6/c1-16-11-17(2)13-22(12-16)30-26(20-7-6-8-23(15-20)36-19(4)31)25(28(33)29(30)34)27(32)21-9-10-24(35-5)18(3)14-21/h6-15,26,32H,1-5H3/b27-25+. The lowest BCUT2D eigenvalue weighted by molar-refractivity contribution is -0.132. The minimum absolute atomic E-state index is 0.0521. The van der Waals surface area contributed by atoms with Crippen molar-refractivity contribution < 1.29 is 29.0 Å². The van der Waals surface area contributed by atoms with Gasteiger partial charge in [-0.05, 0) is 85.5 Å². The van der Waals surface area contributed by atoms with Gasteiger partial charge in [-0.3, -0.25) is 19.3 Å². The first-order valence-electron chi connectivity index (χ1n) is 11.4. The third kappa shape index (κ3) is 4.60. The van der Waals surface area contributed by atoms with E-state index in [1.807, 2.05) is 39.0 Å². The Morgan fingerprint density at radius 1 is 0.944 bits per heavy atom. The largest absolute Gasteiger partial charge is 0.507 e. The smallest absolute Gasteiger partial charge is 0.308 e. The molecular formula is C29H27NO6. The van der Waals surface area contributed by atoms with Gasteiger partial charge >= 0.3 is 5.97 Å². The summed E-state index contributed by atoms with van der Waals surface area (Å²) in [6, 6.07) is 16.3. The lowest BCUT2D eigenvalue weighted by Crippen LogP contribution is -2.29. The fraction of sp³-hybridized carbons (Fsp3) is 0.207. The van der Waals surface area contributed by atoms with Crippen LogP contribution >= 0.6 is 0 Å². The highest BCUT2D eigenvalue weighted by atomic mass is 16.5. The first-order chi connectivity index (χ1) is 17.1. The summed E-state index contributed by atoms with van der Waals surface area (Å²) in [4.78, 5) is 39.8. The lowest BCUT2D eigenvalue weighted by Gasteiger charge is -2.26. The molecule has 1 aliphatic heterocycles. The highest BCUT2D eigenvalue weighted by molar-refractivity contribution is 6.51. The predicted molar refractivity (Wildman–Crippen MR) is 136 cm³/mol. The number of rotatable bonds is 5. The van der Waals surface area contributed by atoms with Crippen molar-refractivity contribution in [1.29, 1.82) is 0 Å². The van der Waals surface area contributed by atoms with E-state index in [0.717, 1.165) is 16.7 Å². The van der Waals surface area contributed by atoms with Gasteiger partial charge in [-0.25, -0.2) is 0 Å². The Balaban J connectivity index is 1.96. The number of nitrogens with zero attached hydrogens (tertiary/aromatic N) is 1. The number of esters is 1. The van der Waals surface area contributed by atoms with Crippen LogP contribution in [0, 0.1) is 20.8 Å². The zero-order valence-corrected chi connectivity index (χ0v) is 20.8. The molecule has 0 saturated carbocycles. The number of aryl methyl sites for hydroxylation is 3. The molecule has 7 heteroatoms. The molecule has 7 nitrogen and oxygen atoms in total. The van der Waals surface area contributed by atoms with E-state index in [-0.39, 0.29) is 17.1 Å². The van der Waals surface area contributed by atoms with Crippen molar-refractivity contribution in [2.75, 3.05) is 12.0 Å². The monoisotopic (exact) mass is 485 g/mol. The van der Waals surface area contributed by atoms with Gasteiger partial charge in [-0.2, -0.15) is 0 Å². The number of benzene rings is 3. The number of Topliss-reactive ketones (excluding diaryl/α,β-unsaturated/α-hetero) is 1. The molecule has 0 radical (unpaired) electrons. The van der Waals surface area contributed by atoms with E-state index in [9.17, 15) is 19.5 Å². The molecule has 1 fully saturated rings. The van der Waals surface area contributed by atoms with Crippen molar-refractivity contribution >= 4 is 29.1 Å². The number of aliphatic hydroxyl groups is 1. The number of ether oxygens (including phenoxy) is 2. The van der Waals surface area contributed by atoms with Crippen molar-refractivity contribution in [3.63, 3.8) is 0 Å². The van der Waals surface area contributed by atoms with Crippen LogP contribution in [-0.4, -0.2) is 29.9 Å². The summed E-state index contributed by atoms with van der Waals surface area (Å²) in [5.41, 5.74) is 3.98. The van der Waals surface area contributed by atoms with Crippen LogP contribution in [0.4, 0.5) is 5.69 Å². The third-order valence-corrected chi connectivity index (χ3v) is 6.03. The number of hydrogen-bond donors (Lipinski definition) is 1. The van der Waals surface area contributed by atoms with Crippen LogP contribution in [0.5, 0.6) is 11.5 Å². The molecule has 4 rings (SSSR count). The predicted octanol–water partition coefficient (Wildman–Crippen LogP) is 5.17. The van der Waals surface area contributed by atoms with Crippen LogP contribution in [0.3, 0.4) is 0 Å². The Kier molecular flexibility index (Phi) is 6.66. The van der Waals surface area contributed by atoms with E-state index >= 15 is 0 Å². The molecule has 1 unspecified atom stereocenters. The van der Waals surface area contributed by atoms with Gasteiger partial charge in [0.05, 0.1) is 18.7 Å². The van der Waals surface area contributed by atoms with Gasteiger partial charge in [-0.15, -0.1) is 0 Å². The average Bonchev–Trinajstić information content (AvgIpc) is 3.08. The minimum atomic E-state index is -0.941. The molecule has 0 bridgehead atoms. The molecule has 3 aromatic carbocycles. The summed E-state index contributed by atoms with van der Waals surface area (Å²) in [5, 5.41) is 11.4. The number of ketones is 1. The number of carbonyl (C=O) groups is 3. The summed E-state index contributed by atoms with van der Waals surface area (Å²) in [5.74, 6) is -1.45. The average molecular weight is 486 g/mol. The summed E-state index contributed by atoms with van der Waals surface area (Å²) in [7, 11) is 1.55. The van der Waals surface area contributed by atoms with E-state index in [2.05, 4.69) is 0 Å². The fourth-order valence-corrected chi connectivity index (χ4v) is 4.60. The number of anilines is 1. The molecule has 184 valence electrons. The molecule has 0 aliphatic carbocycles. The van der Waals surface area contributed by atoms with Gasteiger partial charge in [0, 0.05) is 18.2 Å². The number of hydrogen-bond acceptors (Lipinski definition) is 6. The Hall–Kier alpha value is -4.39. The molecule has 1 aliphatic rings. The van der Waals surface area contributed by atoms with Gasteiger partial charge in [-0.1, -0.05) is 18.2 Å². The third-order valence-electron chi connectivity index (χ3n) is 6.03. The Morgan fingerprint density at radius 3 is 2.25 bits per heavy atom. The van der Waals surface area contributed by atoms with E-state index in [1.165, 1.54) is 11.8 Å². The quantitative estimate of drug-likeness (QED) is 0.176. The van der Waals surface area contributed by atoms with E-state index in [1.54, 1.807) is 49.6 Å². The molecule has 0 spiro atoms. The summed E-state index contributed by atoms with van der Waals surface area (Å²) < 4.78 is 10.6. The topological polar surface area (TPSA) is 93.1 Å². The van der Waals surface area contributed by atoms with Crippen molar-refractivity contribution in [3.8, 4) is 11.5 Å². The molecule has 1 atom stereocenters. The van der Waals surface area contributed by atoms with Gasteiger partial charge in [0.2, 0.25) is 0 Å². The number of carbonyl (C=O) groups excluding carboxylic acids is 3. The maximum atomic E-state index is 13.4. The second-order valence-corrected chi connectivity index (χ2v) is 8.87. The summed E-state index contributed by atoms with van der Waals surface area (Å²) in [6.07, 6.45) is 0. The number of methoxy groups -OCH3 is 1. The first-order valence-corrected chi connectivity index (χ1v) is 11.4. The molecule has 0 aromatic heterocycles. The van der Waals surface area contributed by atoms with Gasteiger partial charge in [0.15, 0.2) is 0 Å². The van der Waals surface area contributed by atoms with Crippen molar-refractivity contribution in [1.82, 2.24) is 0 Å². The van der Waals surface area contributed by atoms with Crippen LogP contribution in [-0.2, 0) is 14.4 Å². The normalized spacial score (nSPS) is 16.8. The summed E-state index contributed by atoms with van der Waals surface area (Å²) in [6.45, 7) is 6.93. The maximum Gasteiger partial charge on any atom is 0.308 e. The van der Waals surface area contributed by atoms with E-state index in [0.29, 0.717) is 22.6 Å². The zero-order chi connectivity index (χ0) is 26.1. The molecule has 1 N–H and O–H groups in total. The summed E-state index contributed by atoms with van der Waals surface area (Å²) >= 11 is 0. The lowest BCUT2D eigenvalue weighted by atomic mass is 9.94. The van der Waals surface area contributed by atoms with Crippen molar-refractivity contribution in [3.05, 3.63) is 94.1 Å². The van der Waals surface area contributed by atoms with Crippen molar-refractivity contribution in [2.24, 2.45) is 0 Å². The van der Waals surface area contributed by atoms with Crippen molar-refractivity contribution in [2.45, 2.75) is 33.7 Å². The highest BCUT2D eigenvalue weighted by Crippen LogP contribution is 2.43. The molecule has 1 saturated heterocycles. The Bertz CT molecular complexity index is 1400. The Labute approximate surface area is 209 Å². The second kappa shape index (κ2) is 9.70. The van der Waals surface area contributed by atoms with E-state index < -0.39 is 23.7 Å². The van der Waals surface area contributed by atoms with Crippen LogP contribution in [0.2, 0.25) is 0 Å². The fourth-order valence-electron chi connectivity index (χ4n) is 4.60. The van der Waals surface area contributed by atoms with Gasteiger partial charge in [0.1, 0.15) is 17.3 Å². The first kappa shape index (κ1) is 24.7. The van der Waals surface area contributed by atoms with Gasteiger partial charge in [0.25, 0.3) is 11.7 Å². The van der Waals surface area contributed by atoms with E-state index in [4.69, 9.17) is 9.47 Å². The molecule has 3 aromatic rings. The van der Waals surface area contributed by atoms with Crippen LogP contribution in [0.15, 0.2) is 66.2 Å². The maximum absolute atomic E-state index is 13.4. The SMILES string of the molecule is COc1ccc(/C(O)=C2\C(=O)C(=O)N(c3cc(C)cc(C)c3)C2c2cccc(OC(C)=O)c2)cc1C. The minimum Gasteiger partial charge on any atom is -0.507 e. The van der Waals surface area contributed by atoms with Crippen LogP contribution in [0.25, 0.3) is 5.76 Å². The van der Waals surface area contributed by atoms with Crippen LogP contribution in [0.1, 0.15) is 40.8 Å². The molecular weight excluding hydrogens is 458 g/mol. The zero-order valence-electron chi connectivity index (χ0n) is 20.8. The Morgan fingerprint density at radius 2 is 1.64 bits per heavy atom. The number of aliphatic hydroxyl groups excluding tert-OH is 1. The molecule has 1 heterocycles. The highest BCUT2D eigenvalue weighted by Gasteiger charge is 2.47. The number of amides is 1. The second-order valence-electron chi connectivity index (χ2n) is 8.87. The van der Waals surface area contributed by atoms with Gasteiger partial charge < -0.3 is 14.6 Å². The van der Waals surface area contributed by atoms with Crippen LogP contribution < -0.4 is 14.4 Å². The molecule has 1 amide bonds.